The summed E-state index contributed by atoms with van der Waals surface area (Å²) in [6, 6.07) is 6.26. The highest BCUT2D eigenvalue weighted by molar-refractivity contribution is 5.09. The maximum Gasteiger partial charge on any atom is 0.0547 e. The molecule has 0 amide bonds. The Morgan fingerprint density at radius 1 is 1.26 bits per heavy atom. The van der Waals surface area contributed by atoms with Crippen molar-refractivity contribution in [1.82, 2.24) is 9.88 Å². The molecule has 106 valence electrons. The Balaban J connectivity index is 1.87. The van der Waals surface area contributed by atoms with Gasteiger partial charge in [-0.15, -0.1) is 0 Å². The van der Waals surface area contributed by atoms with Crippen molar-refractivity contribution in [2.45, 2.75) is 39.2 Å². The third kappa shape index (κ3) is 4.29. The quantitative estimate of drug-likeness (QED) is 0.886. The van der Waals surface area contributed by atoms with Crippen molar-refractivity contribution >= 4 is 0 Å². The second kappa shape index (κ2) is 7.01. The Labute approximate surface area is 117 Å². The minimum absolute atomic E-state index is 0.724. The second-order valence-corrected chi connectivity index (χ2v) is 6.01. The molecular formula is C16H27N3. The molecule has 2 rings (SSSR count). The summed E-state index contributed by atoms with van der Waals surface area (Å²) in [5.74, 6) is 1.50. The van der Waals surface area contributed by atoms with Crippen LogP contribution in [0.25, 0.3) is 0 Å². The predicted molar refractivity (Wildman–Crippen MR) is 79.8 cm³/mol. The van der Waals surface area contributed by atoms with E-state index >= 15 is 0 Å². The van der Waals surface area contributed by atoms with E-state index in [4.69, 9.17) is 5.73 Å². The van der Waals surface area contributed by atoms with E-state index in [1.165, 1.54) is 31.4 Å². The van der Waals surface area contributed by atoms with Gasteiger partial charge in [-0.1, -0.05) is 18.9 Å². The number of hydrogen-bond donors (Lipinski definition) is 1. The lowest BCUT2D eigenvalue weighted by Gasteiger charge is -2.33. The molecule has 3 heteroatoms. The smallest absolute Gasteiger partial charge is 0.0547 e. The molecule has 0 radical (unpaired) electrons. The van der Waals surface area contributed by atoms with Gasteiger partial charge in [-0.3, -0.25) is 4.98 Å². The van der Waals surface area contributed by atoms with Gasteiger partial charge in [0.15, 0.2) is 0 Å². The molecule has 1 aromatic heterocycles. The molecular weight excluding hydrogens is 234 g/mol. The molecule has 2 atom stereocenters. The maximum absolute atomic E-state index is 5.91. The molecule has 0 aliphatic heterocycles. The minimum atomic E-state index is 0.724. The third-order valence-electron chi connectivity index (χ3n) is 4.29. The molecule has 3 nitrogen and oxygen atoms in total. The number of pyridine rings is 1. The fraction of sp³-hybridized carbons (Fsp3) is 0.688. The van der Waals surface area contributed by atoms with Gasteiger partial charge in [0.2, 0.25) is 0 Å². The van der Waals surface area contributed by atoms with E-state index in [9.17, 15) is 0 Å². The first-order chi connectivity index (χ1) is 9.19. The van der Waals surface area contributed by atoms with E-state index in [1.807, 2.05) is 0 Å². The van der Waals surface area contributed by atoms with Gasteiger partial charge in [0.05, 0.1) is 5.69 Å². The fourth-order valence-corrected chi connectivity index (χ4v) is 3.26. The molecule has 0 bridgehead atoms. The van der Waals surface area contributed by atoms with Crippen LogP contribution in [0.15, 0.2) is 18.2 Å². The summed E-state index contributed by atoms with van der Waals surface area (Å²) < 4.78 is 0. The normalized spacial score (nSPS) is 23.8. The molecule has 1 heterocycles. The van der Waals surface area contributed by atoms with E-state index in [2.05, 4.69) is 42.1 Å². The number of aryl methyl sites for hydroxylation is 1. The summed E-state index contributed by atoms with van der Waals surface area (Å²) in [6.07, 6.45) is 5.39. The van der Waals surface area contributed by atoms with Crippen LogP contribution in [0.2, 0.25) is 0 Å². The Morgan fingerprint density at radius 2 is 2.00 bits per heavy atom. The molecule has 19 heavy (non-hydrogen) atoms. The molecule has 1 aliphatic carbocycles. The van der Waals surface area contributed by atoms with Crippen LogP contribution in [0.4, 0.5) is 0 Å². The Hall–Kier alpha value is -0.930. The number of rotatable bonds is 5. The third-order valence-corrected chi connectivity index (χ3v) is 4.29. The summed E-state index contributed by atoms with van der Waals surface area (Å²) in [5.41, 5.74) is 8.18. The summed E-state index contributed by atoms with van der Waals surface area (Å²) in [4.78, 5) is 6.98. The highest BCUT2D eigenvalue weighted by Crippen LogP contribution is 2.29. The van der Waals surface area contributed by atoms with Crippen LogP contribution in [0.5, 0.6) is 0 Å². The number of nitrogens with two attached hydrogens (primary N) is 1. The van der Waals surface area contributed by atoms with Gasteiger partial charge in [-0.05, 0) is 57.3 Å². The van der Waals surface area contributed by atoms with E-state index in [1.54, 1.807) is 0 Å². The van der Waals surface area contributed by atoms with Gasteiger partial charge in [-0.2, -0.15) is 0 Å². The average molecular weight is 261 g/mol. The topological polar surface area (TPSA) is 42.1 Å². The molecule has 0 aromatic carbocycles. The summed E-state index contributed by atoms with van der Waals surface area (Å²) in [6.45, 7) is 4.99. The Kier molecular flexibility index (Phi) is 5.34. The van der Waals surface area contributed by atoms with Crippen LogP contribution >= 0.6 is 0 Å². The van der Waals surface area contributed by atoms with Crippen molar-refractivity contribution in [3.63, 3.8) is 0 Å². The van der Waals surface area contributed by atoms with Gasteiger partial charge in [-0.25, -0.2) is 0 Å². The predicted octanol–water partition coefficient (Wildman–Crippen LogP) is 2.59. The number of nitrogens with zero attached hydrogens (tertiary/aromatic N) is 2. The fourth-order valence-electron chi connectivity index (χ4n) is 3.26. The zero-order chi connectivity index (χ0) is 13.7. The monoisotopic (exact) mass is 261 g/mol. The van der Waals surface area contributed by atoms with Crippen LogP contribution < -0.4 is 5.73 Å². The summed E-state index contributed by atoms with van der Waals surface area (Å²) in [7, 11) is 2.20. The van der Waals surface area contributed by atoms with Crippen LogP contribution in [-0.2, 0) is 6.54 Å². The van der Waals surface area contributed by atoms with Crippen LogP contribution in [0.3, 0.4) is 0 Å². The molecule has 1 aromatic rings. The van der Waals surface area contributed by atoms with Crippen molar-refractivity contribution in [1.29, 1.82) is 0 Å². The van der Waals surface area contributed by atoms with Crippen LogP contribution in [0.1, 0.15) is 37.1 Å². The van der Waals surface area contributed by atoms with Gasteiger partial charge in [0, 0.05) is 18.8 Å². The molecule has 2 N–H and O–H groups in total. The first kappa shape index (κ1) is 14.5. The molecule has 1 saturated carbocycles. The van der Waals surface area contributed by atoms with E-state index in [-0.39, 0.29) is 0 Å². The van der Waals surface area contributed by atoms with Crippen molar-refractivity contribution in [2.75, 3.05) is 20.1 Å². The van der Waals surface area contributed by atoms with Crippen LogP contribution in [-0.4, -0.2) is 30.0 Å². The first-order valence-electron chi connectivity index (χ1n) is 7.50. The number of hydrogen-bond acceptors (Lipinski definition) is 3. The molecule has 0 saturated heterocycles. The van der Waals surface area contributed by atoms with E-state index < -0.39 is 0 Å². The Morgan fingerprint density at radius 3 is 2.68 bits per heavy atom. The minimum Gasteiger partial charge on any atom is -0.330 e. The van der Waals surface area contributed by atoms with Gasteiger partial charge in [0.25, 0.3) is 0 Å². The van der Waals surface area contributed by atoms with Crippen molar-refractivity contribution in [3.8, 4) is 0 Å². The summed E-state index contributed by atoms with van der Waals surface area (Å²) >= 11 is 0. The largest absolute Gasteiger partial charge is 0.330 e. The van der Waals surface area contributed by atoms with Gasteiger partial charge < -0.3 is 10.6 Å². The van der Waals surface area contributed by atoms with Crippen molar-refractivity contribution in [2.24, 2.45) is 17.6 Å². The highest BCUT2D eigenvalue weighted by Gasteiger charge is 2.24. The lowest BCUT2D eigenvalue weighted by atomic mass is 9.79. The molecule has 1 aliphatic rings. The van der Waals surface area contributed by atoms with Crippen molar-refractivity contribution in [3.05, 3.63) is 29.6 Å². The van der Waals surface area contributed by atoms with E-state index in [0.717, 1.165) is 37.2 Å². The highest BCUT2D eigenvalue weighted by atomic mass is 15.1. The molecule has 1 fully saturated rings. The SMILES string of the molecule is Cc1cccc(CN(C)CC2CCCCC2CN)n1. The maximum atomic E-state index is 5.91. The number of aromatic nitrogens is 1. The Bertz CT molecular complexity index is 391. The lowest BCUT2D eigenvalue weighted by molar-refractivity contribution is 0.169. The second-order valence-electron chi connectivity index (χ2n) is 6.01. The first-order valence-corrected chi connectivity index (χ1v) is 7.50. The average Bonchev–Trinajstić information content (AvgIpc) is 2.39. The lowest BCUT2D eigenvalue weighted by Crippen LogP contribution is -2.35. The molecule has 2 unspecified atom stereocenters. The summed E-state index contributed by atoms with van der Waals surface area (Å²) in [5, 5.41) is 0. The zero-order valence-corrected chi connectivity index (χ0v) is 12.3. The zero-order valence-electron chi connectivity index (χ0n) is 12.3. The van der Waals surface area contributed by atoms with Crippen molar-refractivity contribution < 1.29 is 0 Å². The van der Waals surface area contributed by atoms with Crippen LogP contribution in [0, 0.1) is 18.8 Å². The van der Waals surface area contributed by atoms with Gasteiger partial charge >= 0.3 is 0 Å². The van der Waals surface area contributed by atoms with Gasteiger partial charge in [0.1, 0.15) is 0 Å². The standard InChI is InChI=1S/C16H27N3/c1-13-6-5-9-16(18-13)12-19(2)11-15-8-4-3-7-14(15)10-17/h5-6,9,14-15H,3-4,7-8,10-12,17H2,1-2H3. The molecule has 0 spiro atoms. The van der Waals surface area contributed by atoms with E-state index in [0.29, 0.717) is 0 Å².